The van der Waals surface area contributed by atoms with Crippen molar-refractivity contribution in [2.24, 2.45) is 0 Å². The van der Waals surface area contributed by atoms with Gasteiger partial charge in [-0.05, 0) is 30.7 Å². The molecule has 0 aliphatic rings. The summed E-state index contributed by atoms with van der Waals surface area (Å²) in [7, 11) is 4.36. The van der Waals surface area contributed by atoms with Crippen molar-refractivity contribution in [2.45, 2.75) is 19.5 Å². The molecule has 1 unspecified atom stereocenters. The van der Waals surface area contributed by atoms with Crippen LogP contribution in [0.2, 0.25) is 0 Å². The minimum Gasteiger partial charge on any atom is -0.497 e. The highest BCUT2D eigenvalue weighted by Crippen LogP contribution is 2.30. The van der Waals surface area contributed by atoms with E-state index in [1.165, 1.54) is 37.3 Å². The fourth-order valence-corrected chi connectivity index (χ4v) is 2.85. The number of rotatable bonds is 10. The van der Waals surface area contributed by atoms with Crippen molar-refractivity contribution in [3.8, 4) is 17.2 Å². The number of carbonyl (C=O) groups excluding carboxylic acids is 2. The topological polar surface area (TPSA) is 120 Å². The molecule has 0 spiro atoms. The summed E-state index contributed by atoms with van der Waals surface area (Å²) in [6, 6.07) is 10.3. The third-order valence-corrected chi connectivity index (χ3v) is 4.64. The van der Waals surface area contributed by atoms with Crippen LogP contribution >= 0.6 is 0 Å². The van der Waals surface area contributed by atoms with E-state index < -0.39 is 16.9 Å². The number of ether oxygens (including phenoxy) is 3. The Hall–Kier alpha value is -3.82. The molecule has 0 aliphatic carbocycles. The summed E-state index contributed by atoms with van der Waals surface area (Å²) in [5.41, 5.74) is 0.595. The van der Waals surface area contributed by atoms with Crippen molar-refractivity contribution in [3.63, 3.8) is 0 Å². The van der Waals surface area contributed by atoms with Crippen molar-refractivity contribution in [3.05, 3.63) is 58.1 Å². The SMILES string of the molecule is CNC(=O)C(C)N(Cc1ccc(OC)cc1)C(=O)COc1ccc([N+](=O)[O-])c(OC)c1. The highest BCUT2D eigenvalue weighted by molar-refractivity contribution is 5.87. The number of nitrogens with one attached hydrogen (secondary N) is 1. The molecule has 0 fully saturated rings. The molecule has 0 aromatic heterocycles. The van der Waals surface area contributed by atoms with Gasteiger partial charge in [-0.25, -0.2) is 0 Å². The van der Waals surface area contributed by atoms with Gasteiger partial charge in [0.25, 0.3) is 5.91 Å². The van der Waals surface area contributed by atoms with E-state index in [9.17, 15) is 19.7 Å². The third-order valence-electron chi connectivity index (χ3n) is 4.64. The van der Waals surface area contributed by atoms with Gasteiger partial charge in [-0.15, -0.1) is 0 Å². The van der Waals surface area contributed by atoms with E-state index in [1.807, 2.05) is 0 Å². The molecule has 0 saturated heterocycles. The molecular formula is C21H25N3O7. The first-order valence-electron chi connectivity index (χ1n) is 9.40. The summed E-state index contributed by atoms with van der Waals surface area (Å²) in [5, 5.41) is 13.5. The quantitative estimate of drug-likeness (QED) is 0.452. The number of nitrogens with zero attached hydrogens (tertiary/aromatic N) is 2. The molecule has 0 heterocycles. The Balaban J connectivity index is 2.16. The Labute approximate surface area is 179 Å². The standard InChI is InChI=1S/C21H25N3O7/c1-14(21(26)22-2)23(12-15-5-7-16(29-3)8-6-15)20(25)13-31-17-9-10-18(24(27)28)19(11-17)30-4/h5-11,14H,12-13H2,1-4H3,(H,22,26). The molecule has 1 N–H and O–H groups in total. The average Bonchev–Trinajstić information content (AvgIpc) is 2.79. The number of carbonyl (C=O) groups is 2. The maximum Gasteiger partial charge on any atom is 0.311 e. The first kappa shape index (κ1) is 23.5. The van der Waals surface area contributed by atoms with Crippen LogP contribution < -0.4 is 19.5 Å². The molecule has 2 aromatic carbocycles. The first-order chi connectivity index (χ1) is 14.8. The normalized spacial score (nSPS) is 11.2. The Kier molecular flexibility index (Phi) is 8.18. The second-order valence-electron chi connectivity index (χ2n) is 6.54. The Morgan fingerprint density at radius 1 is 1.10 bits per heavy atom. The fraction of sp³-hybridized carbons (Fsp3) is 0.333. The molecule has 31 heavy (non-hydrogen) atoms. The predicted octanol–water partition coefficient (Wildman–Crippen LogP) is 2.15. The van der Waals surface area contributed by atoms with Crippen molar-refractivity contribution in [1.82, 2.24) is 10.2 Å². The Bertz CT molecular complexity index is 931. The maximum atomic E-state index is 12.9. The van der Waals surface area contributed by atoms with Gasteiger partial charge in [0.1, 0.15) is 17.5 Å². The molecule has 10 heteroatoms. The van der Waals surface area contributed by atoms with E-state index in [0.29, 0.717) is 5.75 Å². The van der Waals surface area contributed by atoms with Gasteiger partial charge in [-0.2, -0.15) is 0 Å². The van der Waals surface area contributed by atoms with E-state index in [2.05, 4.69) is 5.32 Å². The molecule has 2 rings (SSSR count). The molecule has 10 nitrogen and oxygen atoms in total. The molecular weight excluding hydrogens is 406 g/mol. The van der Waals surface area contributed by atoms with Crippen LogP contribution in [0.4, 0.5) is 5.69 Å². The van der Waals surface area contributed by atoms with E-state index in [4.69, 9.17) is 14.2 Å². The number of nitro groups is 1. The zero-order valence-electron chi connectivity index (χ0n) is 17.8. The van der Waals surface area contributed by atoms with Crippen molar-refractivity contribution in [2.75, 3.05) is 27.9 Å². The lowest BCUT2D eigenvalue weighted by Crippen LogP contribution is -2.48. The van der Waals surface area contributed by atoms with E-state index >= 15 is 0 Å². The van der Waals surface area contributed by atoms with Gasteiger partial charge >= 0.3 is 5.69 Å². The lowest BCUT2D eigenvalue weighted by molar-refractivity contribution is -0.385. The Morgan fingerprint density at radius 3 is 2.29 bits per heavy atom. The van der Waals surface area contributed by atoms with Crippen molar-refractivity contribution in [1.29, 1.82) is 0 Å². The summed E-state index contributed by atoms with van der Waals surface area (Å²) in [6.45, 7) is 1.44. The summed E-state index contributed by atoms with van der Waals surface area (Å²) >= 11 is 0. The molecule has 166 valence electrons. The average molecular weight is 431 g/mol. The minimum atomic E-state index is -0.741. The molecule has 0 aliphatic heterocycles. The summed E-state index contributed by atoms with van der Waals surface area (Å²) < 4.78 is 15.7. The number of hydrogen-bond donors (Lipinski definition) is 1. The zero-order chi connectivity index (χ0) is 23.0. The molecule has 1 atom stereocenters. The zero-order valence-corrected chi connectivity index (χ0v) is 17.8. The summed E-state index contributed by atoms with van der Waals surface area (Å²) in [5.74, 6) is 0.177. The number of hydrogen-bond acceptors (Lipinski definition) is 7. The second kappa shape index (κ2) is 10.8. The third kappa shape index (κ3) is 6.08. The van der Waals surface area contributed by atoms with Crippen LogP contribution in [0.5, 0.6) is 17.2 Å². The number of methoxy groups -OCH3 is 2. The van der Waals surface area contributed by atoms with Gasteiger partial charge in [-0.1, -0.05) is 12.1 Å². The number of nitro benzene ring substituents is 1. The lowest BCUT2D eigenvalue weighted by atomic mass is 10.1. The summed E-state index contributed by atoms with van der Waals surface area (Å²) in [4.78, 5) is 36.9. The van der Waals surface area contributed by atoms with Crippen molar-refractivity contribution < 1.29 is 28.7 Å². The summed E-state index contributed by atoms with van der Waals surface area (Å²) in [6.07, 6.45) is 0. The Morgan fingerprint density at radius 2 is 1.74 bits per heavy atom. The van der Waals surface area contributed by atoms with Gasteiger partial charge in [0, 0.05) is 25.7 Å². The molecule has 0 saturated carbocycles. The largest absolute Gasteiger partial charge is 0.497 e. The second-order valence-corrected chi connectivity index (χ2v) is 6.54. The van der Waals surface area contributed by atoms with Crippen LogP contribution in [0.1, 0.15) is 12.5 Å². The van der Waals surface area contributed by atoms with Gasteiger partial charge < -0.3 is 24.4 Å². The van der Waals surface area contributed by atoms with Crippen LogP contribution in [-0.2, 0) is 16.1 Å². The lowest BCUT2D eigenvalue weighted by Gasteiger charge is -2.28. The van der Waals surface area contributed by atoms with Gasteiger partial charge in [0.05, 0.1) is 19.1 Å². The fourth-order valence-electron chi connectivity index (χ4n) is 2.85. The molecule has 2 amide bonds. The van der Waals surface area contributed by atoms with E-state index in [1.54, 1.807) is 38.3 Å². The van der Waals surface area contributed by atoms with Crippen molar-refractivity contribution >= 4 is 17.5 Å². The van der Waals surface area contributed by atoms with E-state index in [-0.39, 0.29) is 36.2 Å². The highest BCUT2D eigenvalue weighted by Gasteiger charge is 2.26. The monoisotopic (exact) mass is 431 g/mol. The number of likely N-dealkylation sites (N-methyl/N-ethyl adjacent to an activating group) is 1. The van der Waals surface area contributed by atoms with Crippen LogP contribution in [0, 0.1) is 10.1 Å². The minimum absolute atomic E-state index is 0.0174. The van der Waals surface area contributed by atoms with Gasteiger partial charge in [0.15, 0.2) is 6.61 Å². The van der Waals surface area contributed by atoms with Crippen LogP contribution in [0.3, 0.4) is 0 Å². The smallest absolute Gasteiger partial charge is 0.311 e. The molecule has 2 aromatic rings. The number of amides is 2. The highest BCUT2D eigenvalue weighted by atomic mass is 16.6. The van der Waals surface area contributed by atoms with Gasteiger partial charge in [0.2, 0.25) is 11.7 Å². The van der Waals surface area contributed by atoms with Gasteiger partial charge in [-0.3, -0.25) is 19.7 Å². The number of benzene rings is 2. The first-order valence-corrected chi connectivity index (χ1v) is 9.40. The molecule has 0 bridgehead atoms. The van der Waals surface area contributed by atoms with Crippen LogP contribution in [0.15, 0.2) is 42.5 Å². The van der Waals surface area contributed by atoms with E-state index in [0.717, 1.165) is 5.56 Å². The van der Waals surface area contributed by atoms with Crippen LogP contribution in [0.25, 0.3) is 0 Å². The van der Waals surface area contributed by atoms with Crippen LogP contribution in [-0.4, -0.2) is 55.6 Å². The molecule has 0 radical (unpaired) electrons. The predicted molar refractivity (Wildman–Crippen MR) is 112 cm³/mol. The maximum absolute atomic E-state index is 12.9.